The van der Waals surface area contributed by atoms with Crippen molar-refractivity contribution in [3.63, 3.8) is 0 Å². The lowest BCUT2D eigenvalue weighted by atomic mass is 10.0. The molecule has 1 fully saturated rings. The third-order valence-corrected chi connectivity index (χ3v) is 7.32. The first-order valence-electron chi connectivity index (χ1n) is 9.55. The van der Waals surface area contributed by atoms with Crippen molar-refractivity contribution in [1.29, 1.82) is 0 Å². The molecular weight excluding hydrogens is 380 g/mol. The third-order valence-electron chi connectivity index (χ3n) is 4.82. The molecule has 7 heteroatoms. The van der Waals surface area contributed by atoms with Crippen molar-refractivity contribution in [2.24, 2.45) is 0 Å². The van der Waals surface area contributed by atoms with Crippen LogP contribution in [-0.2, 0) is 17.7 Å². The maximum atomic E-state index is 12.4. The lowest BCUT2D eigenvalue weighted by molar-refractivity contribution is 0.0222. The molecule has 0 aromatic carbocycles. The number of thiophene rings is 1. The SMILES string of the molecule is CSc1sc(C(O)C=CN2CCCC2)c2c1CN(C(=O)OC(C)(C)C)CC2. The Morgan fingerprint density at radius 3 is 2.59 bits per heavy atom. The Morgan fingerprint density at radius 2 is 1.96 bits per heavy atom. The molecule has 5 nitrogen and oxygen atoms in total. The predicted octanol–water partition coefficient (Wildman–Crippen LogP) is 4.41. The summed E-state index contributed by atoms with van der Waals surface area (Å²) in [6.07, 6.45) is 8.36. The molecule has 2 aliphatic heterocycles. The fourth-order valence-corrected chi connectivity index (χ4v) is 5.61. The van der Waals surface area contributed by atoms with E-state index in [0.717, 1.165) is 24.4 Å². The van der Waals surface area contributed by atoms with E-state index in [-0.39, 0.29) is 6.09 Å². The highest BCUT2D eigenvalue weighted by Gasteiger charge is 2.31. The number of likely N-dealkylation sites (tertiary alicyclic amines) is 1. The average Bonchev–Trinajstić information content (AvgIpc) is 3.25. The van der Waals surface area contributed by atoms with Gasteiger partial charge in [0.15, 0.2) is 0 Å². The number of thioether (sulfide) groups is 1. The van der Waals surface area contributed by atoms with E-state index < -0.39 is 11.7 Å². The fraction of sp³-hybridized carbons (Fsp3) is 0.650. The summed E-state index contributed by atoms with van der Waals surface area (Å²) in [6.45, 7) is 9.00. The monoisotopic (exact) mass is 410 g/mol. The highest BCUT2D eigenvalue weighted by Crippen LogP contribution is 2.41. The van der Waals surface area contributed by atoms with E-state index in [1.807, 2.05) is 33.0 Å². The van der Waals surface area contributed by atoms with Crippen LogP contribution in [0.2, 0.25) is 0 Å². The molecule has 3 heterocycles. The van der Waals surface area contributed by atoms with Gasteiger partial charge in [-0.2, -0.15) is 0 Å². The molecule has 0 radical (unpaired) electrons. The first kappa shape index (κ1) is 20.6. The lowest BCUT2D eigenvalue weighted by Gasteiger charge is -2.31. The summed E-state index contributed by atoms with van der Waals surface area (Å²) in [6, 6.07) is 0. The standard InChI is InChI=1S/C20H30N2O3S2/c1-20(2,3)25-19(24)22-12-7-14-15(13-22)18(26-4)27-17(14)16(23)8-11-21-9-5-6-10-21/h8,11,16,23H,5-7,9-10,12-13H2,1-4H3. The summed E-state index contributed by atoms with van der Waals surface area (Å²) < 4.78 is 6.72. The Labute approximate surface area is 170 Å². The molecular formula is C20H30N2O3S2. The van der Waals surface area contributed by atoms with Crippen molar-refractivity contribution in [1.82, 2.24) is 9.80 Å². The number of carbonyl (C=O) groups is 1. The van der Waals surface area contributed by atoms with E-state index in [1.54, 1.807) is 28.0 Å². The van der Waals surface area contributed by atoms with Crippen molar-refractivity contribution >= 4 is 29.2 Å². The predicted molar refractivity (Wildman–Crippen MR) is 111 cm³/mol. The smallest absolute Gasteiger partial charge is 0.410 e. The fourth-order valence-electron chi connectivity index (χ4n) is 3.51. The normalized spacial score (nSPS) is 18.9. The van der Waals surface area contributed by atoms with Gasteiger partial charge in [-0.3, -0.25) is 0 Å². The second-order valence-electron chi connectivity index (χ2n) is 8.10. The summed E-state index contributed by atoms with van der Waals surface area (Å²) >= 11 is 3.34. The van der Waals surface area contributed by atoms with E-state index in [4.69, 9.17) is 4.74 Å². The van der Waals surface area contributed by atoms with Gasteiger partial charge in [-0.1, -0.05) is 0 Å². The molecule has 1 aromatic rings. The Kier molecular flexibility index (Phi) is 6.43. The van der Waals surface area contributed by atoms with Crippen molar-refractivity contribution in [2.75, 3.05) is 25.9 Å². The van der Waals surface area contributed by atoms with Crippen LogP contribution in [0.1, 0.15) is 55.7 Å². The summed E-state index contributed by atoms with van der Waals surface area (Å²) in [5, 5.41) is 10.8. The van der Waals surface area contributed by atoms with Crippen LogP contribution in [0.4, 0.5) is 4.79 Å². The minimum absolute atomic E-state index is 0.262. The molecule has 2 aliphatic rings. The molecule has 0 spiro atoms. The minimum atomic E-state index is -0.585. The van der Waals surface area contributed by atoms with E-state index in [9.17, 15) is 9.90 Å². The second-order valence-corrected chi connectivity index (χ2v) is 10.2. The van der Waals surface area contributed by atoms with Crippen molar-refractivity contribution in [3.8, 4) is 0 Å². The van der Waals surface area contributed by atoms with Crippen molar-refractivity contribution in [2.45, 2.75) is 62.5 Å². The second kappa shape index (κ2) is 8.45. The minimum Gasteiger partial charge on any atom is -0.444 e. The molecule has 0 aliphatic carbocycles. The summed E-state index contributed by atoms with van der Waals surface area (Å²) in [5.74, 6) is 0. The van der Waals surface area contributed by atoms with Crippen LogP contribution >= 0.6 is 23.1 Å². The first-order valence-corrected chi connectivity index (χ1v) is 11.6. The molecule has 150 valence electrons. The highest BCUT2D eigenvalue weighted by atomic mass is 32.2. The molecule has 3 rings (SSSR count). The van der Waals surface area contributed by atoms with Crippen LogP contribution in [0.3, 0.4) is 0 Å². The molecule has 0 saturated carbocycles. The number of hydrogen-bond acceptors (Lipinski definition) is 6. The van der Waals surface area contributed by atoms with Crippen LogP contribution in [0.15, 0.2) is 16.5 Å². The number of aliphatic hydroxyl groups is 1. The molecule has 1 unspecified atom stereocenters. The number of aliphatic hydroxyl groups excluding tert-OH is 1. The first-order chi connectivity index (χ1) is 12.8. The van der Waals surface area contributed by atoms with E-state index in [2.05, 4.69) is 11.2 Å². The van der Waals surface area contributed by atoms with Gasteiger partial charge in [-0.25, -0.2) is 4.79 Å². The summed E-state index contributed by atoms with van der Waals surface area (Å²) in [4.78, 5) is 17.5. The van der Waals surface area contributed by atoms with Crippen molar-refractivity contribution in [3.05, 3.63) is 28.3 Å². The van der Waals surface area contributed by atoms with Crippen LogP contribution in [0, 0.1) is 0 Å². The van der Waals surface area contributed by atoms with Gasteiger partial charge in [0.1, 0.15) is 11.7 Å². The third kappa shape index (κ3) is 5.00. The van der Waals surface area contributed by atoms with Gasteiger partial charge in [-0.15, -0.1) is 23.1 Å². The van der Waals surface area contributed by atoms with Crippen molar-refractivity contribution < 1.29 is 14.6 Å². The van der Waals surface area contributed by atoms with Gasteiger partial charge in [-0.05, 0) is 69.7 Å². The van der Waals surface area contributed by atoms with Gasteiger partial charge in [0.25, 0.3) is 0 Å². The molecule has 0 bridgehead atoms. The van der Waals surface area contributed by atoms with E-state index in [1.165, 1.54) is 28.2 Å². The maximum absolute atomic E-state index is 12.4. The van der Waals surface area contributed by atoms with Gasteiger partial charge in [0.05, 0.1) is 10.8 Å². The number of rotatable bonds is 4. The Morgan fingerprint density at radius 1 is 1.26 bits per heavy atom. The molecule has 27 heavy (non-hydrogen) atoms. The Balaban J connectivity index is 1.76. The number of ether oxygens (including phenoxy) is 1. The molecule has 1 aromatic heterocycles. The van der Waals surface area contributed by atoms with Gasteiger partial charge in [0.2, 0.25) is 0 Å². The summed E-state index contributed by atoms with van der Waals surface area (Å²) in [7, 11) is 0. The average molecular weight is 411 g/mol. The largest absolute Gasteiger partial charge is 0.444 e. The van der Waals surface area contributed by atoms with E-state index >= 15 is 0 Å². The molecule has 1 amide bonds. The van der Waals surface area contributed by atoms with Gasteiger partial charge < -0.3 is 19.6 Å². The molecule has 1 N–H and O–H groups in total. The molecule has 1 atom stereocenters. The number of fused-ring (bicyclic) bond motifs is 1. The van der Waals surface area contributed by atoms with Gasteiger partial charge >= 0.3 is 6.09 Å². The zero-order valence-corrected chi connectivity index (χ0v) is 18.3. The van der Waals surface area contributed by atoms with E-state index in [0.29, 0.717) is 13.1 Å². The maximum Gasteiger partial charge on any atom is 0.410 e. The van der Waals surface area contributed by atoms with Gasteiger partial charge in [0, 0.05) is 24.5 Å². The molecule has 1 saturated heterocycles. The number of amides is 1. The number of nitrogens with zero attached hydrogens (tertiary/aromatic N) is 2. The highest BCUT2D eigenvalue weighted by molar-refractivity contribution is 8.00. The number of carbonyl (C=O) groups excluding carboxylic acids is 1. The zero-order valence-electron chi connectivity index (χ0n) is 16.7. The van der Waals surface area contributed by atoms with Crippen LogP contribution < -0.4 is 0 Å². The van der Waals surface area contributed by atoms with Crippen LogP contribution in [0.25, 0.3) is 0 Å². The Bertz CT molecular complexity index is 703. The van der Waals surface area contributed by atoms with Crippen LogP contribution in [0.5, 0.6) is 0 Å². The zero-order chi connectivity index (χ0) is 19.6. The van der Waals surface area contributed by atoms with Crippen LogP contribution in [-0.4, -0.2) is 52.5 Å². The summed E-state index contributed by atoms with van der Waals surface area (Å²) in [5.41, 5.74) is 1.90. The quantitative estimate of drug-likeness (QED) is 0.746. The number of hydrogen-bond donors (Lipinski definition) is 1. The topological polar surface area (TPSA) is 53.0 Å². The lowest BCUT2D eigenvalue weighted by Crippen LogP contribution is -2.39. The Hall–Kier alpha value is -1.18.